The Morgan fingerprint density at radius 2 is 2.04 bits per heavy atom. The van der Waals surface area contributed by atoms with E-state index < -0.39 is 5.97 Å². The molecular formula is C22H26N2O3. The van der Waals surface area contributed by atoms with Gasteiger partial charge in [-0.25, -0.2) is 4.79 Å². The number of pyridine rings is 1. The van der Waals surface area contributed by atoms with Crippen LogP contribution in [-0.4, -0.2) is 47.2 Å². The molecule has 0 amide bonds. The van der Waals surface area contributed by atoms with Gasteiger partial charge in [-0.3, -0.25) is 4.98 Å². The van der Waals surface area contributed by atoms with Crippen molar-refractivity contribution in [1.82, 2.24) is 9.88 Å². The second kappa shape index (κ2) is 9.88. The van der Waals surface area contributed by atoms with Crippen molar-refractivity contribution in [1.29, 1.82) is 0 Å². The van der Waals surface area contributed by atoms with Crippen LogP contribution in [0.2, 0.25) is 0 Å². The molecule has 0 spiro atoms. The number of hydrogen-bond acceptors (Lipinski definition) is 4. The molecule has 1 aromatic heterocycles. The van der Waals surface area contributed by atoms with Gasteiger partial charge in [0.05, 0.1) is 12.2 Å². The second-order valence-corrected chi connectivity index (χ2v) is 6.78. The Balaban J connectivity index is 1.59. The Labute approximate surface area is 160 Å². The molecule has 0 bridgehead atoms. The van der Waals surface area contributed by atoms with E-state index in [2.05, 4.69) is 9.88 Å². The van der Waals surface area contributed by atoms with E-state index in [0.29, 0.717) is 12.2 Å². The molecule has 2 heterocycles. The van der Waals surface area contributed by atoms with Gasteiger partial charge in [-0.2, -0.15) is 0 Å². The lowest BCUT2D eigenvalue weighted by atomic mass is 10.0. The summed E-state index contributed by atoms with van der Waals surface area (Å²) in [6, 6.07) is 11.0. The van der Waals surface area contributed by atoms with E-state index in [-0.39, 0.29) is 5.57 Å². The third-order valence-electron chi connectivity index (χ3n) is 4.71. The van der Waals surface area contributed by atoms with Gasteiger partial charge in [0.25, 0.3) is 0 Å². The number of aromatic nitrogens is 1. The number of rotatable bonds is 8. The van der Waals surface area contributed by atoms with Gasteiger partial charge in [0.15, 0.2) is 0 Å². The molecule has 1 aliphatic rings. The van der Waals surface area contributed by atoms with Crippen LogP contribution in [-0.2, 0) is 4.79 Å². The summed E-state index contributed by atoms with van der Waals surface area (Å²) in [7, 11) is 0. The summed E-state index contributed by atoms with van der Waals surface area (Å²) in [5.74, 6) is -0.214. The molecule has 1 aliphatic heterocycles. The molecule has 1 fully saturated rings. The largest absolute Gasteiger partial charge is 0.494 e. The van der Waals surface area contributed by atoms with E-state index in [1.165, 1.54) is 32.4 Å². The molecule has 0 saturated carbocycles. The summed E-state index contributed by atoms with van der Waals surface area (Å²) in [6.45, 7) is 4.14. The molecule has 142 valence electrons. The predicted octanol–water partition coefficient (Wildman–Crippen LogP) is 3.96. The van der Waals surface area contributed by atoms with Gasteiger partial charge in [0, 0.05) is 24.5 Å². The molecule has 1 aromatic carbocycles. The van der Waals surface area contributed by atoms with E-state index in [1.54, 1.807) is 30.6 Å². The van der Waals surface area contributed by atoms with Crippen LogP contribution >= 0.6 is 0 Å². The monoisotopic (exact) mass is 366 g/mol. The van der Waals surface area contributed by atoms with Gasteiger partial charge >= 0.3 is 5.97 Å². The van der Waals surface area contributed by atoms with Crippen LogP contribution in [0, 0.1) is 0 Å². The average molecular weight is 366 g/mol. The van der Waals surface area contributed by atoms with Crippen molar-refractivity contribution >= 4 is 17.6 Å². The van der Waals surface area contributed by atoms with Gasteiger partial charge in [-0.1, -0.05) is 24.6 Å². The van der Waals surface area contributed by atoms with Gasteiger partial charge < -0.3 is 14.7 Å². The van der Waals surface area contributed by atoms with E-state index in [0.717, 1.165) is 24.3 Å². The quantitative estimate of drug-likeness (QED) is 0.566. The maximum Gasteiger partial charge on any atom is 0.336 e. The lowest BCUT2D eigenvalue weighted by Gasteiger charge is -2.26. The molecule has 5 heteroatoms. The van der Waals surface area contributed by atoms with E-state index in [9.17, 15) is 9.90 Å². The summed E-state index contributed by atoms with van der Waals surface area (Å²) in [5, 5.41) is 9.52. The molecule has 0 aliphatic carbocycles. The normalized spacial score (nSPS) is 15.5. The number of piperidine rings is 1. The molecule has 0 radical (unpaired) electrons. The average Bonchev–Trinajstić information content (AvgIpc) is 2.71. The highest BCUT2D eigenvalue weighted by Gasteiger charge is 2.11. The first kappa shape index (κ1) is 19.1. The molecule has 5 nitrogen and oxygen atoms in total. The van der Waals surface area contributed by atoms with Crippen LogP contribution in [0.15, 0.2) is 48.8 Å². The van der Waals surface area contributed by atoms with Gasteiger partial charge in [-0.15, -0.1) is 0 Å². The molecule has 1 saturated heterocycles. The van der Waals surface area contributed by atoms with Crippen molar-refractivity contribution in [3.63, 3.8) is 0 Å². The zero-order chi connectivity index (χ0) is 18.9. The van der Waals surface area contributed by atoms with Crippen molar-refractivity contribution in [2.45, 2.75) is 25.7 Å². The Kier molecular flexibility index (Phi) is 6.99. The van der Waals surface area contributed by atoms with Gasteiger partial charge in [0.1, 0.15) is 5.75 Å². The summed E-state index contributed by atoms with van der Waals surface area (Å²) < 4.78 is 5.87. The predicted molar refractivity (Wildman–Crippen MR) is 107 cm³/mol. The topological polar surface area (TPSA) is 62.7 Å². The zero-order valence-corrected chi connectivity index (χ0v) is 15.5. The number of carboxylic acids is 1. The first-order chi connectivity index (χ1) is 13.2. The van der Waals surface area contributed by atoms with Gasteiger partial charge in [0.2, 0.25) is 0 Å². The minimum atomic E-state index is -0.976. The highest BCUT2D eigenvalue weighted by molar-refractivity contribution is 6.20. The lowest BCUT2D eigenvalue weighted by molar-refractivity contribution is -0.130. The van der Waals surface area contributed by atoms with Crippen LogP contribution in [0.3, 0.4) is 0 Å². The number of hydrogen-bond donors (Lipinski definition) is 1. The number of aliphatic carboxylic acids is 1. The Morgan fingerprint density at radius 1 is 1.19 bits per heavy atom. The third kappa shape index (κ3) is 5.93. The number of ether oxygens (including phenoxy) is 1. The fourth-order valence-electron chi connectivity index (χ4n) is 3.31. The van der Waals surface area contributed by atoms with Gasteiger partial charge in [-0.05, 0) is 62.2 Å². The second-order valence-electron chi connectivity index (χ2n) is 6.78. The molecule has 1 N–H and O–H groups in total. The van der Waals surface area contributed by atoms with E-state index in [1.807, 2.05) is 24.3 Å². The van der Waals surface area contributed by atoms with Crippen LogP contribution in [0.5, 0.6) is 5.75 Å². The van der Waals surface area contributed by atoms with Crippen molar-refractivity contribution in [3.8, 4) is 5.75 Å². The summed E-state index contributed by atoms with van der Waals surface area (Å²) in [5.41, 5.74) is 1.59. The van der Waals surface area contributed by atoms with Crippen LogP contribution in [0.25, 0.3) is 11.6 Å². The number of benzene rings is 1. The molecule has 0 atom stereocenters. The van der Waals surface area contributed by atoms with Crippen LogP contribution in [0.4, 0.5) is 0 Å². The molecule has 2 aromatic rings. The van der Waals surface area contributed by atoms with Crippen molar-refractivity contribution in [3.05, 3.63) is 59.9 Å². The highest BCUT2D eigenvalue weighted by atomic mass is 16.5. The first-order valence-corrected chi connectivity index (χ1v) is 9.53. The van der Waals surface area contributed by atoms with Crippen LogP contribution < -0.4 is 4.74 Å². The number of carbonyl (C=O) groups is 1. The molecule has 27 heavy (non-hydrogen) atoms. The van der Waals surface area contributed by atoms with Crippen LogP contribution in [0.1, 0.15) is 36.8 Å². The Bertz CT molecular complexity index is 768. The number of carboxylic acid groups (broad SMARTS) is 1. The van der Waals surface area contributed by atoms with E-state index in [4.69, 9.17) is 4.74 Å². The number of nitrogens with zero attached hydrogens (tertiary/aromatic N) is 2. The standard InChI is InChI=1S/C22H26N2O3/c25-22(26)21(19-8-5-10-23-17-19)16-18-7-4-9-20(15-18)27-14-6-13-24-11-2-1-3-12-24/h4-5,7-10,15-17H,1-3,6,11-14H2,(H,25,26)/b21-16+. The molecular weight excluding hydrogens is 340 g/mol. The summed E-state index contributed by atoms with van der Waals surface area (Å²) in [6.07, 6.45) is 9.79. The SMILES string of the molecule is O=C(O)/C(=C/c1cccc(OCCCN2CCCCC2)c1)c1cccnc1. The minimum Gasteiger partial charge on any atom is -0.494 e. The Morgan fingerprint density at radius 3 is 2.78 bits per heavy atom. The van der Waals surface area contributed by atoms with Crippen molar-refractivity contribution < 1.29 is 14.6 Å². The molecule has 3 rings (SSSR count). The maximum atomic E-state index is 11.6. The molecule has 0 unspecified atom stereocenters. The lowest BCUT2D eigenvalue weighted by Crippen LogP contribution is -2.31. The highest BCUT2D eigenvalue weighted by Crippen LogP contribution is 2.21. The maximum absolute atomic E-state index is 11.6. The Hall–Kier alpha value is -2.66. The fourth-order valence-corrected chi connectivity index (χ4v) is 3.31. The number of likely N-dealkylation sites (tertiary alicyclic amines) is 1. The fraction of sp³-hybridized carbons (Fsp3) is 0.364. The summed E-state index contributed by atoms with van der Waals surface area (Å²) in [4.78, 5) is 18.1. The minimum absolute atomic E-state index is 0.213. The summed E-state index contributed by atoms with van der Waals surface area (Å²) >= 11 is 0. The third-order valence-corrected chi connectivity index (χ3v) is 4.71. The van der Waals surface area contributed by atoms with Crippen molar-refractivity contribution in [2.24, 2.45) is 0 Å². The zero-order valence-electron chi connectivity index (χ0n) is 15.5. The van der Waals surface area contributed by atoms with E-state index >= 15 is 0 Å². The first-order valence-electron chi connectivity index (χ1n) is 9.53. The smallest absolute Gasteiger partial charge is 0.336 e. The van der Waals surface area contributed by atoms with Crippen molar-refractivity contribution in [2.75, 3.05) is 26.2 Å².